The Bertz CT molecular complexity index is 402. The van der Waals surface area contributed by atoms with Crippen molar-refractivity contribution in [2.24, 2.45) is 0 Å². The van der Waals surface area contributed by atoms with Crippen molar-refractivity contribution in [2.75, 3.05) is 32.8 Å². The van der Waals surface area contributed by atoms with E-state index in [1.807, 2.05) is 4.90 Å². The molecule has 20 heavy (non-hydrogen) atoms. The maximum absolute atomic E-state index is 12.1. The molecule has 112 valence electrons. The monoisotopic (exact) mass is 296 g/mol. The Hall–Kier alpha value is -0.910. The Morgan fingerprint density at radius 1 is 1.45 bits per heavy atom. The van der Waals surface area contributed by atoms with Crippen molar-refractivity contribution in [1.82, 2.24) is 10.2 Å². The van der Waals surface area contributed by atoms with Gasteiger partial charge in [0, 0.05) is 32.1 Å². The van der Waals surface area contributed by atoms with E-state index in [9.17, 15) is 4.79 Å². The number of rotatable bonds is 6. The molecule has 1 aromatic heterocycles. The van der Waals surface area contributed by atoms with Gasteiger partial charge in [-0.2, -0.15) is 11.3 Å². The lowest BCUT2D eigenvalue weighted by molar-refractivity contribution is -0.135. The van der Waals surface area contributed by atoms with Crippen LogP contribution in [0.3, 0.4) is 0 Å². The topological polar surface area (TPSA) is 41.6 Å². The van der Waals surface area contributed by atoms with E-state index in [-0.39, 0.29) is 11.9 Å². The molecule has 1 aliphatic rings. The smallest absolute Gasteiger partial charge is 0.224 e. The Balaban J connectivity index is 1.69. The zero-order chi connectivity index (χ0) is 14.4. The molecule has 0 radical (unpaired) electrons. The third kappa shape index (κ3) is 4.58. The number of hydrogen-bond donors (Lipinski definition) is 1. The van der Waals surface area contributed by atoms with Crippen LogP contribution in [0.4, 0.5) is 0 Å². The molecule has 0 aliphatic carbocycles. The molecule has 2 heterocycles. The van der Waals surface area contributed by atoms with Gasteiger partial charge in [-0.1, -0.05) is 6.92 Å². The van der Waals surface area contributed by atoms with E-state index in [0.29, 0.717) is 25.6 Å². The van der Waals surface area contributed by atoms with Crippen LogP contribution in [0.1, 0.15) is 31.7 Å². The summed E-state index contributed by atoms with van der Waals surface area (Å²) in [6.07, 6.45) is 0.566. The van der Waals surface area contributed by atoms with Crippen molar-refractivity contribution in [2.45, 2.75) is 32.2 Å². The van der Waals surface area contributed by atoms with E-state index < -0.39 is 0 Å². The van der Waals surface area contributed by atoms with E-state index in [1.165, 1.54) is 5.56 Å². The molecule has 1 N–H and O–H groups in total. The van der Waals surface area contributed by atoms with Crippen molar-refractivity contribution < 1.29 is 9.53 Å². The van der Waals surface area contributed by atoms with Gasteiger partial charge in [0.25, 0.3) is 0 Å². The van der Waals surface area contributed by atoms with Crippen molar-refractivity contribution >= 4 is 17.2 Å². The molecular weight excluding hydrogens is 272 g/mol. The van der Waals surface area contributed by atoms with Crippen LogP contribution in [0.2, 0.25) is 0 Å². The molecule has 0 aromatic carbocycles. The van der Waals surface area contributed by atoms with Crippen LogP contribution in [0.15, 0.2) is 16.8 Å². The largest absolute Gasteiger partial charge is 0.378 e. The van der Waals surface area contributed by atoms with Crippen molar-refractivity contribution in [3.8, 4) is 0 Å². The molecule has 0 unspecified atom stereocenters. The maximum Gasteiger partial charge on any atom is 0.224 e. The lowest BCUT2D eigenvalue weighted by Crippen LogP contribution is -2.43. The van der Waals surface area contributed by atoms with Crippen LogP contribution in [0.5, 0.6) is 0 Å². The second-order valence-electron chi connectivity index (χ2n) is 5.46. The summed E-state index contributed by atoms with van der Waals surface area (Å²) in [5.41, 5.74) is 1.37. The van der Waals surface area contributed by atoms with Crippen molar-refractivity contribution in [1.29, 1.82) is 0 Å². The van der Waals surface area contributed by atoms with E-state index >= 15 is 0 Å². The lowest BCUT2D eigenvalue weighted by Gasteiger charge is -2.28. The van der Waals surface area contributed by atoms with Crippen molar-refractivity contribution in [3.63, 3.8) is 0 Å². The number of hydrogen-bond acceptors (Lipinski definition) is 4. The molecule has 0 bridgehead atoms. The minimum absolute atomic E-state index is 0.214. The standard InChI is InChI=1S/C15H24N2O2S/c1-12(14-3-8-20-11-14)10-16-13(2)9-15(18)17-4-6-19-7-5-17/h3,8,11-13,16H,4-7,9-10H2,1-2H3/t12-,13+/m0/s1. The van der Waals surface area contributed by atoms with Crippen LogP contribution in [-0.4, -0.2) is 49.7 Å². The van der Waals surface area contributed by atoms with Gasteiger partial charge in [-0.15, -0.1) is 0 Å². The van der Waals surface area contributed by atoms with Crippen LogP contribution in [-0.2, 0) is 9.53 Å². The van der Waals surface area contributed by atoms with Gasteiger partial charge in [0.1, 0.15) is 0 Å². The fourth-order valence-corrected chi connectivity index (χ4v) is 3.11. The average Bonchev–Trinajstić information content (AvgIpc) is 3.00. The Labute approximate surface area is 125 Å². The summed E-state index contributed by atoms with van der Waals surface area (Å²) in [6.45, 7) is 8.01. The van der Waals surface area contributed by atoms with Crippen LogP contribution in [0, 0.1) is 0 Å². The van der Waals surface area contributed by atoms with Gasteiger partial charge >= 0.3 is 0 Å². The third-order valence-corrected chi connectivity index (χ3v) is 4.43. The summed E-state index contributed by atoms with van der Waals surface area (Å²) in [5, 5.41) is 7.77. The Kier molecular flexibility index (Phi) is 6.01. The normalized spacial score (nSPS) is 18.8. The molecule has 1 fully saturated rings. The van der Waals surface area contributed by atoms with E-state index in [1.54, 1.807) is 11.3 Å². The van der Waals surface area contributed by atoms with E-state index in [4.69, 9.17) is 4.74 Å². The first kappa shape index (κ1) is 15.5. The SMILES string of the molecule is C[C@H](CC(=O)N1CCOCC1)NC[C@H](C)c1ccsc1. The van der Waals surface area contributed by atoms with Gasteiger partial charge in [0.05, 0.1) is 13.2 Å². The molecule has 4 nitrogen and oxygen atoms in total. The predicted molar refractivity (Wildman–Crippen MR) is 82.2 cm³/mol. The zero-order valence-corrected chi connectivity index (χ0v) is 13.1. The summed E-state index contributed by atoms with van der Waals surface area (Å²) >= 11 is 1.73. The second kappa shape index (κ2) is 7.76. The molecule has 1 aliphatic heterocycles. The number of thiophene rings is 1. The van der Waals surface area contributed by atoms with Crippen molar-refractivity contribution in [3.05, 3.63) is 22.4 Å². The third-order valence-electron chi connectivity index (χ3n) is 3.73. The average molecular weight is 296 g/mol. The molecule has 2 atom stereocenters. The van der Waals surface area contributed by atoms with Gasteiger partial charge in [-0.25, -0.2) is 0 Å². The van der Waals surface area contributed by atoms with Crippen LogP contribution >= 0.6 is 11.3 Å². The number of carbonyl (C=O) groups excluding carboxylic acids is 1. The molecular formula is C15H24N2O2S. The first-order valence-corrected chi connectivity index (χ1v) is 8.22. The summed E-state index contributed by atoms with van der Waals surface area (Å²) < 4.78 is 5.27. The minimum atomic E-state index is 0.214. The summed E-state index contributed by atoms with van der Waals surface area (Å²) in [5.74, 6) is 0.721. The highest BCUT2D eigenvalue weighted by Gasteiger charge is 2.19. The van der Waals surface area contributed by atoms with Gasteiger partial charge in [-0.05, 0) is 35.2 Å². The fourth-order valence-electron chi connectivity index (χ4n) is 2.33. The number of nitrogens with one attached hydrogen (secondary N) is 1. The number of amides is 1. The predicted octanol–water partition coefficient (Wildman–Crippen LogP) is 2.08. The summed E-state index contributed by atoms with van der Waals surface area (Å²) in [7, 11) is 0. The van der Waals surface area contributed by atoms with Gasteiger partial charge in [-0.3, -0.25) is 4.79 Å². The van der Waals surface area contributed by atoms with Gasteiger partial charge in [0.2, 0.25) is 5.91 Å². The number of nitrogens with zero attached hydrogens (tertiary/aromatic N) is 1. The van der Waals surface area contributed by atoms with Gasteiger partial charge in [0.15, 0.2) is 0 Å². The fraction of sp³-hybridized carbons (Fsp3) is 0.667. The zero-order valence-electron chi connectivity index (χ0n) is 12.3. The number of morpholine rings is 1. The molecule has 2 rings (SSSR count). The van der Waals surface area contributed by atoms with Crippen LogP contribution < -0.4 is 5.32 Å². The Morgan fingerprint density at radius 2 is 2.20 bits per heavy atom. The Morgan fingerprint density at radius 3 is 2.85 bits per heavy atom. The molecule has 1 aromatic rings. The molecule has 0 spiro atoms. The first-order chi connectivity index (χ1) is 9.66. The number of carbonyl (C=O) groups is 1. The highest BCUT2D eigenvalue weighted by atomic mass is 32.1. The maximum atomic E-state index is 12.1. The second-order valence-corrected chi connectivity index (χ2v) is 6.24. The number of ether oxygens (including phenoxy) is 1. The minimum Gasteiger partial charge on any atom is -0.378 e. The highest BCUT2D eigenvalue weighted by molar-refractivity contribution is 7.07. The lowest BCUT2D eigenvalue weighted by atomic mass is 10.0. The molecule has 1 amide bonds. The summed E-state index contributed by atoms with van der Waals surface area (Å²) in [4.78, 5) is 14.0. The van der Waals surface area contributed by atoms with E-state index in [0.717, 1.165) is 19.6 Å². The van der Waals surface area contributed by atoms with Gasteiger partial charge < -0.3 is 15.0 Å². The summed E-state index contributed by atoms with van der Waals surface area (Å²) in [6, 6.07) is 2.38. The quantitative estimate of drug-likeness (QED) is 0.874. The van der Waals surface area contributed by atoms with Crippen LogP contribution in [0.25, 0.3) is 0 Å². The molecule has 1 saturated heterocycles. The molecule has 0 saturated carbocycles. The van der Waals surface area contributed by atoms with E-state index in [2.05, 4.69) is 36.0 Å². The highest BCUT2D eigenvalue weighted by Crippen LogP contribution is 2.17. The first-order valence-electron chi connectivity index (χ1n) is 7.28. The molecule has 5 heteroatoms.